The number of nitrogens with one attached hydrogen (secondary N) is 3. The van der Waals surface area contributed by atoms with E-state index in [2.05, 4.69) is 20.9 Å². The number of aliphatic imine (C=N–C) groups is 1. The van der Waals surface area contributed by atoms with Crippen LogP contribution in [0.1, 0.15) is 61.0 Å². The molecule has 174 valence electrons. The van der Waals surface area contributed by atoms with Gasteiger partial charge < -0.3 is 24.8 Å². The summed E-state index contributed by atoms with van der Waals surface area (Å²) in [5.74, 6) is 0.894. The number of benzene rings is 1. The number of nitrogens with zero attached hydrogens (tertiary/aromatic N) is 1. The molecule has 0 heterocycles. The van der Waals surface area contributed by atoms with E-state index in [1.54, 1.807) is 53.7 Å². The van der Waals surface area contributed by atoms with E-state index in [9.17, 15) is 9.59 Å². The highest BCUT2D eigenvalue weighted by Crippen LogP contribution is 2.23. The van der Waals surface area contributed by atoms with Gasteiger partial charge in [-0.25, -0.2) is 9.59 Å². The third-order valence-electron chi connectivity index (χ3n) is 3.38. The number of ether oxygens (including phenoxy) is 3. The molecule has 2 amide bonds. The Kier molecular flexibility index (Phi) is 9.61. The van der Waals surface area contributed by atoms with Crippen molar-refractivity contribution >= 4 is 23.8 Å². The number of alkyl carbamates (subject to hydrolysis) is 2. The standard InChI is InChI=1S/C22H36N4O5/c1-9-23-18(26-20(28)31-22(6,7)8)25-16-11-12-17(29-10-2)15(13-16)14-24-19(27)30-21(3,4)5/h11-13H,9-10,14H2,1-8H3,(H,24,27)(H2,23,25,26,28). The molecule has 0 aromatic heterocycles. The Hall–Kier alpha value is -2.97. The largest absolute Gasteiger partial charge is 0.494 e. The van der Waals surface area contributed by atoms with Crippen LogP contribution in [0.3, 0.4) is 0 Å². The third-order valence-corrected chi connectivity index (χ3v) is 3.38. The van der Waals surface area contributed by atoms with Gasteiger partial charge in [0.15, 0.2) is 0 Å². The molecule has 1 aromatic carbocycles. The Bertz CT molecular complexity index is 779. The zero-order valence-corrected chi connectivity index (χ0v) is 19.8. The quantitative estimate of drug-likeness (QED) is 0.450. The van der Waals surface area contributed by atoms with Crippen molar-refractivity contribution in [3.63, 3.8) is 0 Å². The first kappa shape index (κ1) is 26.1. The summed E-state index contributed by atoms with van der Waals surface area (Å²) < 4.78 is 16.2. The smallest absolute Gasteiger partial charge is 0.414 e. The predicted octanol–water partition coefficient (Wildman–Crippen LogP) is 4.42. The topological polar surface area (TPSA) is 110 Å². The maximum absolute atomic E-state index is 12.1. The minimum atomic E-state index is -0.624. The molecule has 0 unspecified atom stereocenters. The molecule has 0 atom stereocenters. The summed E-state index contributed by atoms with van der Waals surface area (Å²) in [5.41, 5.74) is 0.189. The number of carbonyl (C=O) groups excluding carboxylic acids is 2. The van der Waals surface area contributed by atoms with Crippen molar-refractivity contribution in [1.82, 2.24) is 10.6 Å². The van der Waals surface area contributed by atoms with E-state index in [0.717, 1.165) is 5.56 Å². The zero-order chi connectivity index (χ0) is 23.7. The molecule has 0 saturated carbocycles. The van der Waals surface area contributed by atoms with Gasteiger partial charge >= 0.3 is 12.2 Å². The first-order valence-corrected chi connectivity index (χ1v) is 10.4. The van der Waals surface area contributed by atoms with Crippen LogP contribution < -0.4 is 20.7 Å². The van der Waals surface area contributed by atoms with Gasteiger partial charge in [-0.2, -0.15) is 0 Å². The third kappa shape index (κ3) is 11.1. The Morgan fingerprint density at radius 1 is 0.968 bits per heavy atom. The summed E-state index contributed by atoms with van der Waals surface area (Å²) in [6.07, 6.45) is -1.13. The highest BCUT2D eigenvalue weighted by atomic mass is 16.6. The molecule has 3 N–H and O–H groups in total. The lowest BCUT2D eigenvalue weighted by molar-refractivity contribution is 0.0520. The van der Waals surface area contributed by atoms with Crippen molar-refractivity contribution in [2.24, 2.45) is 4.99 Å². The van der Waals surface area contributed by atoms with Crippen LogP contribution in [0.25, 0.3) is 0 Å². The molecular formula is C22H36N4O5. The van der Waals surface area contributed by atoms with Crippen molar-refractivity contribution < 1.29 is 23.8 Å². The van der Waals surface area contributed by atoms with Crippen LogP contribution >= 0.6 is 0 Å². The number of rotatable bonds is 6. The lowest BCUT2D eigenvalue weighted by Crippen LogP contribution is -2.40. The summed E-state index contributed by atoms with van der Waals surface area (Å²) in [7, 11) is 0. The van der Waals surface area contributed by atoms with Crippen molar-refractivity contribution in [3.05, 3.63) is 23.8 Å². The maximum Gasteiger partial charge on any atom is 0.414 e. The van der Waals surface area contributed by atoms with Crippen LogP contribution in [0.4, 0.5) is 15.3 Å². The molecule has 1 aromatic rings. The molecule has 0 radical (unpaired) electrons. The SMILES string of the molecule is CCN=C(NC(=O)OC(C)(C)C)Nc1ccc(OCC)c(CNC(=O)OC(C)(C)C)c1. The Labute approximate surface area is 184 Å². The lowest BCUT2D eigenvalue weighted by atomic mass is 10.1. The molecule has 0 bridgehead atoms. The molecule has 9 heteroatoms. The highest BCUT2D eigenvalue weighted by Gasteiger charge is 2.18. The van der Waals surface area contributed by atoms with Crippen LogP contribution in [-0.4, -0.2) is 42.5 Å². The average molecular weight is 437 g/mol. The maximum atomic E-state index is 12.1. The second kappa shape index (κ2) is 11.4. The van der Waals surface area contributed by atoms with Crippen LogP contribution in [0, 0.1) is 0 Å². The molecule has 0 aliphatic rings. The molecule has 0 fully saturated rings. The molecule has 1 rings (SSSR count). The normalized spacial score (nSPS) is 12.1. The van der Waals surface area contributed by atoms with Gasteiger partial charge in [0.05, 0.1) is 6.61 Å². The number of hydrogen-bond acceptors (Lipinski definition) is 6. The second-order valence-electron chi connectivity index (χ2n) is 8.69. The number of anilines is 1. The van der Waals surface area contributed by atoms with Crippen LogP contribution in [0.5, 0.6) is 5.75 Å². The number of carbonyl (C=O) groups is 2. The molecule has 0 spiro atoms. The summed E-state index contributed by atoms with van der Waals surface area (Å²) in [5, 5.41) is 8.41. The molecule has 0 saturated heterocycles. The minimum absolute atomic E-state index is 0.208. The van der Waals surface area contributed by atoms with Gasteiger partial charge in [0.25, 0.3) is 0 Å². The highest BCUT2D eigenvalue weighted by molar-refractivity contribution is 6.02. The second-order valence-corrected chi connectivity index (χ2v) is 8.69. The lowest BCUT2D eigenvalue weighted by Gasteiger charge is -2.21. The fourth-order valence-corrected chi connectivity index (χ4v) is 2.38. The van der Waals surface area contributed by atoms with Gasteiger partial charge in [0, 0.05) is 24.3 Å². The summed E-state index contributed by atoms with van der Waals surface area (Å²) in [4.78, 5) is 28.4. The first-order chi connectivity index (χ1) is 14.3. The van der Waals surface area contributed by atoms with Gasteiger partial charge in [0.1, 0.15) is 17.0 Å². The first-order valence-electron chi connectivity index (χ1n) is 10.4. The monoisotopic (exact) mass is 436 g/mol. The summed E-state index contributed by atoms with van der Waals surface area (Å²) in [6, 6.07) is 5.39. The van der Waals surface area contributed by atoms with Gasteiger partial charge in [-0.15, -0.1) is 0 Å². The summed E-state index contributed by atoms with van der Waals surface area (Å²) in [6.45, 7) is 15.6. The van der Waals surface area contributed by atoms with Crippen LogP contribution in [0.2, 0.25) is 0 Å². The van der Waals surface area contributed by atoms with Crippen molar-refractivity contribution in [1.29, 1.82) is 0 Å². The van der Waals surface area contributed by atoms with Gasteiger partial charge in [-0.05, 0) is 73.6 Å². The van der Waals surface area contributed by atoms with Gasteiger partial charge in [-0.3, -0.25) is 10.3 Å². The van der Waals surface area contributed by atoms with Gasteiger partial charge in [0.2, 0.25) is 5.96 Å². The van der Waals surface area contributed by atoms with Crippen LogP contribution in [-0.2, 0) is 16.0 Å². The van der Waals surface area contributed by atoms with Gasteiger partial charge in [-0.1, -0.05) is 0 Å². The number of hydrogen-bond donors (Lipinski definition) is 3. The summed E-state index contributed by atoms with van der Waals surface area (Å²) >= 11 is 0. The Morgan fingerprint density at radius 3 is 2.13 bits per heavy atom. The van der Waals surface area contributed by atoms with Crippen molar-refractivity contribution in [3.8, 4) is 5.75 Å². The Morgan fingerprint density at radius 2 is 1.58 bits per heavy atom. The van der Waals surface area contributed by atoms with E-state index in [0.29, 0.717) is 24.6 Å². The van der Waals surface area contributed by atoms with E-state index >= 15 is 0 Å². The number of guanidine groups is 1. The molecule has 0 aliphatic heterocycles. The minimum Gasteiger partial charge on any atom is -0.494 e. The molecular weight excluding hydrogens is 400 g/mol. The Balaban J connectivity index is 2.95. The fourth-order valence-electron chi connectivity index (χ4n) is 2.38. The van der Waals surface area contributed by atoms with E-state index < -0.39 is 23.4 Å². The molecule has 9 nitrogen and oxygen atoms in total. The predicted molar refractivity (Wildman–Crippen MR) is 122 cm³/mol. The zero-order valence-electron chi connectivity index (χ0n) is 19.8. The van der Waals surface area contributed by atoms with E-state index in [4.69, 9.17) is 14.2 Å². The van der Waals surface area contributed by atoms with E-state index in [-0.39, 0.29) is 12.5 Å². The molecule has 0 aliphatic carbocycles. The van der Waals surface area contributed by atoms with E-state index in [1.165, 1.54) is 0 Å². The molecule has 31 heavy (non-hydrogen) atoms. The van der Waals surface area contributed by atoms with Crippen molar-refractivity contribution in [2.45, 2.75) is 73.1 Å². The fraction of sp³-hybridized carbons (Fsp3) is 0.591. The van der Waals surface area contributed by atoms with Crippen molar-refractivity contribution in [2.75, 3.05) is 18.5 Å². The van der Waals surface area contributed by atoms with Crippen LogP contribution in [0.15, 0.2) is 23.2 Å². The van der Waals surface area contributed by atoms with E-state index in [1.807, 2.05) is 19.9 Å². The average Bonchev–Trinajstić information content (AvgIpc) is 2.59. The number of amides is 2.